The topological polar surface area (TPSA) is 42.3 Å². The van der Waals surface area contributed by atoms with E-state index in [9.17, 15) is 0 Å². The smallest absolute Gasteiger partial charge is 0.0868 e. The maximum Gasteiger partial charge on any atom is 0.0868 e. The highest BCUT2D eigenvalue weighted by Gasteiger charge is 2.24. The molecule has 16 heavy (non-hydrogen) atoms. The van der Waals surface area contributed by atoms with E-state index in [0.717, 1.165) is 39.3 Å². The van der Waals surface area contributed by atoms with Gasteiger partial charge in [0.05, 0.1) is 12.6 Å². The van der Waals surface area contributed by atoms with Crippen LogP contribution in [0.5, 0.6) is 0 Å². The fraction of sp³-hybridized carbons (Fsp3) is 0.917. The van der Waals surface area contributed by atoms with Gasteiger partial charge < -0.3 is 5.32 Å². The van der Waals surface area contributed by atoms with Gasteiger partial charge in [0.15, 0.2) is 0 Å². The second-order valence-corrected chi connectivity index (χ2v) is 4.83. The fourth-order valence-corrected chi connectivity index (χ4v) is 2.76. The van der Waals surface area contributed by atoms with Crippen molar-refractivity contribution >= 4 is 0 Å². The second-order valence-electron chi connectivity index (χ2n) is 4.83. The Kier molecular flexibility index (Phi) is 4.58. The van der Waals surface area contributed by atoms with Crippen LogP contribution < -0.4 is 5.32 Å². The predicted octanol–water partition coefficient (Wildman–Crippen LogP) is 0.270. The molecule has 2 fully saturated rings. The van der Waals surface area contributed by atoms with Crippen LogP contribution in [0, 0.1) is 11.3 Å². The molecule has 0 aromatic rings. The molecule has 0 bridgehead atoms. The maximum atomic E-state index is 8.83. The molecule has 0 aromatic heterocycles. The number of piperazine rings is 1. The quantitative estimate of drug-likeness (QED) is 0.696. The highest BCUT2D eigenvalue weighted by atomic mass is 15.2. The predicted molar refractivity (Wildman–Crippen MR) is 64.1 cm³/mol. The molecule has 2 aliphatic rings. The maximum absolute atomic E-state index is 8.83. The number of nitriles is 1. The van der Waals surface area contributed by atoms with Crippen molar-refractivity contribution in [3.05, 3.63) is 0 Å². The van der Waals surface area contributed by atoms with Gasteiger partial charge in [-0.3, -0.25) is 9.80 Å². The van der Waals surface area contributed by atoms with Gasteiger partial charge >= 0.3 is 0 Å². The first-order valence-corrected chi connectivity index (χ1v) is 6.44. The number of nitrogens with zero attached hydrogens (tertiary/aromatic N) is 3. The SMILES string of the molecule is N#CCN1CCCCC1CN1CCNCC1. The second kappa shape index (κ2) is 6.19. The van der Waals surface area contributed by atoms with E-state index >= 15 is 0 Å². The largest absolute Gasteiger partial charge is 0.314 e. The molecule has 1 unspecified atom stereocenters. The Labute approximate surface area is 98.2 Å². The summed E-state index contributed by atoms with van der Waals surface area (Å²) in [6.07, 6.45) is 3.87. The van der Waals surface area contributed by atoms with E-state index in [-0.39, 0.29) is 0 Å². The molecule has 2 heterocycles. The lowest BCUT2D eigenvalue weighted by Gasteiger charge is -2.38. The number of hydrogen-bond donors (Lipinski definition) is 1. The Hall–Kier alpha value is -0.630. The monoisotopic (exact) mass is 222 g/mol. The van der Waals surface area contributed by atoms with E-state index in [4.69, 9.17) is 5.26 Å². The van der Waals surface area contributed by atoms with E-state index < -0.39 is 0 Å². The van der Waals surface area contributed by atoms with Crippen LogP contribution in [0.1, 0.15) is 19.3 Å². The molecule has 0 radical (unpaired) electrons. The van der Waals surface area contributed by atoms with Gasteiger partial charge in [0.1, 0.15) is 0 Å². The molecule has 0 amide bonds. The zero-order chi connectivity index (χ0) is 11.2. The average molecular weight is 222 g/mol. The molecule has 0 spiro atoms. The third kappa shape index (κ3) is 3.18. The molecule has 2 saturated heterocycles. The molecular formula is C12H22N4. The first-order chi connectivity index (χ1) is 7.90. The van der Waals surface area contributed by atoms with Crippen LogP contribution >= 0.6 is 0 Å². The van der Waals surface area contributed by atoms with Crippen molar-refractivity contribution in [1.29, 1.82) is 5.26 Å². The van der Waals surface area contributed by atoms with Crippen molar-refractivity contribution in [1.82, 2.24) is 15.1 Å². The molecule has 0 aliphatic carbocycles. The highest BCUT2D eigenvalue weighted by Crippen LogP contribution is 2.17. The first-order valence-electron chi connectivity index (χ1n) is 6.44. The minimum absolute atomic E-state index is 0.608. The van der Waals surface area contributed by atoms with Gasteiger partial charge in [-0.05, 0) is 19.4 Å². The zero-order valence-corrected chi connectivity index (χ0v) is 9.99. The number of nitrogens with one attached hydrogen (secondary N) is 1. The summed E-state index contributed by atoms with van der Waals surface area (Å²) in [6.45, 7) is 7.44. The Balaban J connectivity index is 1.82. The lowest BCUT2D eigenvalue weighted by molar-refractivity contribution is 0.110. The summed E-state index contributed by atoms with van der Waals surface area (Å²) in [5.41, 5.74) is 0. The van der Waals surface area contributed by atoms with Gasteiger partial charge in [0.25, 0.3) is 0 Å². The molecule has 1 N–H and O–H groups in total. The molecule has 0 aromatic carbocycles. The molecule has 0 saturated carbocycles. The van der Waals surface area contributed by atoms with E-state index in [1.807, 2.05) is 0 Å². The van der Waals surface area contributed by atoms with Gasteiger partial charge in [-0.25, -0.2) is 0 Å². The third-order valence-electron chi connectivity index (χ3n) is 3.70. The molecule has 90 valence electrons. The van der Waals surface area contributed by atoms with Crippen molar-refractivity contribution in [3.63, 3.8) is 0 Å². The molecular weight excluding hydrogens is 200 g/mol. The third-order valence-corrected chi connectivity index (χ3v) is 3.70. The lowest BCUT2D eigenvalue weighted by atomic mass is 10.0. The number of likely N-dealkylation sites (tertiary alicyclic amines) is 1. The van der Waals surface area contributed by atoms with Crippen LogP contribution in [0.15, 0.2) is 0 Å². The van der Waals surface area contributed by atoms with Crippen LogP contribution in [0.25, 0.3) is 0 Å². The van der Waals surface area contributed by atoms with Crippen LogP contribution in [0.2, 0.25) is 0 Å². The summed E-state index contributed by atoms with van der Waals surface area (Å²) in [4.78, 5) is 4.91. The van der Waals surface area contributed by atoms with Gasteiger partial charge in [-0.2, -0.15) is 5.26 Å². The van der Waals surface area contributed by atoms with E-state index in [2.05, 4.69) is 21.2 Å². The average Bonchev–Trinajstić information content (AvgIpc) is 2.33. The van der Waals surface area contributed by atoms with Crippen LogP contribution in [0.3, 0.4) is 0 Å². The highest BCUT2D eigenvalue weighted by molar-refractivity contribution is 4.87. The van der Waals surface area contributed by atoms with Crippen LogP contribution in [0.4, 0.5) is 0 Å². The van der Waals surface area contributed by atoms with Gasteiger partial charge in [0.2, 0.25) is 0 Å². The summed E-state index contributed by atoms with van der Waals surface area (Å²) in [6, 6.07) is 2.92. The van der Waals surface area contributed by atoms with Crippen molar-refractivity contribution in [2.75, 3.05) is 45.8 Å². The van der Waals surface area contributed by atoms with Crippen LogP contribution in [-0.2, 0) is 0 Å². The Morgan fingerprint density at radius 3 is 2.75 bits per heavy atom. The number of piperidine rings is 1. The normalized spacial score (nSPS) is 28.8. The minimum Gasteiger partial charge on any atom is -0.314 e. The summed E-state index contributed by atoms with van der Waals surface area (Å²) in [5.74, 6) is 0. The van der Waals surface area contributed by atoms with Gasteiger partial charge in [0, 0.05) is 38.8 Å². The van der Waals surface area contributed by atoms with Crippen molar-refractivity contribution in [3.8, 4) is 6.07 Å². The standard InChI is InChI=1S/C12H22N4/c13-4-8-16-7-2-1-3-12(16)11-15-9-5-14-6-10-15/h12,14H,1-3,5-11H2. The Bertz CT molecular complexity index is 242. The van der Waals surface area contributed by atoms with Gasteiger partial charge in [-0.15, -0.1) is 0 Å². The van der Waals surface area contributed by atoms with E-state index in [1.54, 1.807) is 0 Å². The molecule has 4 heteroatoms. The number of hydrogen-bond acceptors (Lipinski definition) is 4. The fourth-order valence-electron chi connectivity index (χ4n) is 2.76. The summed E-state index contributed by atoms with van der Waals surface area (Å²) >= 11 is 0. The minimum atomic E-state index is 0.608. The van der Waals surface area contributed by atoms with Crippen LogP contribution in [-0.4, -0.2) is 61.7 Å². The van der Waals surface area contributed by atoms with Gasteiger partial charge in [-0.1, -0.05) is 6.42 Å². The van der Waals surface area contributed by atoms with Crippen molar-refractivity contribution in [2.45, 2.75) is 25.3 Å². The summed E-state index contributed by atoms with van der Waals surface area (Å²) < 4.78 is 0. The Morgan fingerprint density at radius 2 is 2.00 bits per heavy atom. The molecule has 4 nitrogen and oxygen atoms in total. The zero-order valence-electron chi connectivity index (χ0n) is 9.99. The summed E-state index contributed by atoms with van der Waals surface area (Å²) in [7, 11) is 0. The van der Waals surface area contributed by atoms with E-state index in [1.165, 1.54) is 19.3 Å². The molecule has 1 atom stereocenters. The first kappa shape index (κ1) is 11.8. The van der Waals surface area contributed by atoms with E-state index in [0.29, 0.717) is 12.6 Å². The summed E-state index contributed by atoms with van der Waals surface area (Å²) in [5, 5.41) is 12.2. The number of rotatable bonds is 3. The van der Waals surface area contributed by atoms with Crippen molar-refractivity contribution in [2.24, 2.45) is 0 Å². The van der Waals surface area contributed by atoms with Crippen molar-refractivity contribution < 1.29 is 0 Å². The Morgan fingerprint density at radius 1 is 1.19 bits per heavy atom. The molecule has 2 aliphatic heterocycles. The molecule has 2 rings (SSSR count). The lowest BCUT2D eigenvalue weighted by Crippen LogP contribution is -2.51.